The molecule has 0 aliphatic heterocycles. The van der Waals surface area contributed by atoms with Gasteiger partial charge in [-0.15, -0.1) is 0 Å². The van der Waals surface area contributed by atoms with Gasteiger partial charge in [0, 0.05) is 31.0 Å². The second-order valence-electron chi connectivity index (χ2n) is 5.54. The van der Waals surface area contributed by atoms with Crippen molar-refractivity contribution in [2.75, 3.05) is 18.4 Å². The monoisotopic (exact) mass is 277 g/mol. The van der Waals surface area contributed by atoms with Gasteiger partial charge in [-0.05, 0) is 44.9 Å². The van der Waals surface area contributed by atoms with Crippen molar-refractivity contribution in [2.45, 2.75) is 66.0 Å². The number of unbranched alkanes of at least 4 members (excludes halogenated alkanes) is 1. The van der Waals surface area contributed by atoms with Gasteiger partial charge in [0.15, 0.2) is 0 Å². The van der Waals surface area contributed by atoms with Gasteiger partial charge in [0.25, 0.3) is 0 Å². The Morgan fingerprint density at radius 1 is 1.25 bits per heavy atom. The van der Waals surface area contributed by atoms with E-state index in [1.54, 1.807) is 0 Å². The van der Waals surface area contributed by atoms with Crippen molar-refractivity contribution >= 4 is 5.69 Å². The Hall–Kier alpha value is -1.09. The van der Waals surface area contributed by atoms with Crippen LogP contribution >= 0.6 is 0 Å². The Morgan fingerprint density at radius 3 is 2.70 bits per heavy atom. The molecule has 1 heterocycles. The van der Waals surface area contributed by atoms with Gasteiger partial charge in [-0.2, -0.15) is 0 Å². The summed E-state index contributed by atoms with van der Waals surface area (Å²) in [6, 6.07) is 4.87. The number of hydrogen-bond donors (Lipinski definition) is 1. The highest BCUT2D eigenvalue weighted by Crippen LogP contribution is 2.14. The predicted octanol–water partition coefficient (Wildman–Crippen LogP) is 4.30. The largest absolute Gasteiger partial charge is 0.385 e. The summed E-state index contributed by atoms with van der Waals surface area (Å²) in [5, 5.41) is 3.44. The molecule has 3 nitrogen and oxygen atoms in total. The number of rotatable bonds is 10. The first-order valence-corrected chi connectivity index (χ1v) is 8.14. The zero-order valence-electron chi connectivity index (χ0n) is 13.7. The highest BCUT2D eigenvalue weighted by atomic mass is 15.2. The van der Waals surface area contributed by atoms with Crippen molar-refractivity contribution in [1.82, 2.24) is 9.88 Å². The van der Waals surface area contributed by atoms with E-state index < -0.39 is 0 Å². The van der Waals surface area contributed by atoms with Crippen LogP contribution < -0.4 is 5.32 Å². The second kappa shape index (κ2) is 9.76. The van der Waals surface area contributed by atoms with Gasteiger partial charge < -0.3 is 5.32 Å². The second-order valence-corrected chi connectivity index (χ2v) is 5.54. The number of aromatic nitrogens is 1. The molecule has 0 spiro atoms. The number of nitrogens with zero attached hydrogens (tertiary/aromatic N) is 2. The number of pyridine rings is 1. The van der Waals surface area contributed by atoms with E-state index in [9.17, 15) is 0 Å². The van der Waals surface area contributed by atoms with Gasteiger partial charge in [0.1, 0.15) is 0 Å². The van der Waals surface area contributed by atoms with Gasteiger partial charge in [-0.3, -0.25) is 9.88 Å². The summed E-state index contributed by atoms with van der Waals surface area (Å²) in [6.45, 7) is 12.2. The first-order valence-electron chi connectivity index (χ1n) is 8.14. The molecule has 0 amide bonds. The molecule has 0 bridgehead atoms. The molecular formula is C17H31N3. The van der Waals surface area contributed by atoms with Crippen LogP contribution in [0, 0.1) is 0 Å². The molecule has 1 aromatic rings. The lowest BCUT2D eigenvalue weighted by Crippen LogP contribution is -2.33. The maximum atomic E-state index is 4.53. The molecule has 0 aliphatic rings. The fourth-order valence-electron chi connectivity index (χ4n) is 2.23. The van der Waals surface area contributed by atoms with Crippen LogP contribution in [0.4, 0.5) is 5.69 Å². The zero-order valence-corrected chi connectivity index (χ0v) is 13.7. The van der Waals surface area contributed by atoms with Crippen molar-refractivity contribution in [3.63, 3.8) is 0 Å². The lowest BCUT2D eigenvalue weighted by Gasteiger charge is -2.28. The Morgan fingerprint density at radius 2 is 2.05 bits per heavy atom. The summed E-state index contributed by atoms with van der Waals surface area (Å²) >= 11 is 0. The Bertz CT molecular complexity index is 365. The van der Waals surface area contributed by atoms with Gasteiger partial charge in [-0.1, -0.05) is 27.2 Å². The quantitative estimate of drug-likeness (QED) is 0.691. The highest BCUT2D eigenvalue weighted by molar-refractivity contribution is 5.43. The van der Waals surface area contributed by atoms with Gasteiger partial charge in [-0.25, -0.2) is 0 Å². The Balaban J connectivity index is 2.66. The van der Waals surface area contributed by atoms with E-state index >= 15 is 0 Å². The molecular weight excluding hydrogens is 246 g/mol. The van der Waals surface area contributed by atoms with Crippen LogP contribution in [0.25, 0.3) is 0 Å². The van der Waals surface area contributed by atoms with Crippen LogP contribution in [0.1, 0.15) is 59.1 Å². The summed E-state index contributed by atoms with van der Waals surface area (Å²) in [5.41, 5.74) is 2.36. The molecule has 1 rings (SSSR count). The summed E-state index contributed by atoms with van der Waals surface area (Å²) in [7, 11) is 0. The van der Waals surface area contributed by atoms with Crippen molar-refractivity contribution in [1.29, 1.82) is 0 Å². The van der Waals surface area contributed by atoms with E-state index in [0.29, 0.717) is 6.04 Å². The van der Waals surface area contributed by atoms with Crippen LogP contribution in [0.2, 0.25) is 0 Å². The third-order valence-corrected chi connectivity index (χ3v) is 3.77. The van der Waals surface area contributed by atoms with Crippen molar-refractivity contribution in [3.05, 3.63) is 24.0 Å². The molecule has 1 aromatic heterocycles. The van der Waals surface area contributed by atoms with Crippen molar-refractivity contribution in [3.8, 4) is 0 Å². The molecule has 1 atom stereocenters. The summed E-state index contributed by atoms with van der Waals surface area (Å²) < 4.78 is 0. The highest BCUT2D eigenvalue weighted by Gasteiger charge is 2.12. The van der Waals surface area contributed by atoms with Crippen molar-refractivity contribution in [2.24, 2.45) is 0 Å². The summed E-state index contributed by atoms with van der Waals surface area (Å²) in [5.74, 6) is 0. The average Bonchev–Trinajstić information content (AvgIpc) is 2.49. The van der Waals surface area contributed by atoms with E-state index in [-0.39, 0.29) is 0 Å². The molecule has 3 heteroatoms. The first-order chi connectivity index (χ1) is 9.71. The Kier molecular flexibility index (Phi) is 8.28. The smallest absolute Gasteiger partial charge is 0.0564 e. The van der Waals surface area contributed by atoms with E-state index in [1.165, 1.54) is 37.2 Å². The summed E-state index contributed by atoms with van der Waals surface area (Å²) in [6.07, 6.45) is 6.77. The molecule has 0 radical (unpaired) electrons. The van der Waals surface area contributed by atoms with E-state index in [2.05, 4.69) is 55.0 Å². The minimum Gasteiger partial charge on any atom is -0.385 e. The van der Waals surface area contributed by atoms with Gasteiger partial charge in [0.05, 0.1) is 5.69 Å². The number of nitrogens with one attached hydrogen (secondary N) is 1. The van der Waals surface area contributed by atoms with Crippen LogP contribution in [-0.4, -0.2) is 29.0 Å². The fourth-order valence-corrected chi connectivity index (χ4v) is 2.23. The molecule has 0 fully saturated rings. The Labute approximate surface area is 124 Å². The first kappa shape index (κ1) is 17.0. The molecule has 1 N–H and O–H groups in total. The van der Waals surface area contributed by atoms with Gasteiger partial charge in [0.2, 0.25) is 0 Å². The van der Waals surface area contributed by atoms with Crippen molar-refractivity contribution < 1.29 is 0 Å². The lowest BCUT2D eigenvalue weighted by atomic mass is 10.1. The van der Waals surface area contributed by atoms with Gasteiger partial charge >= 0.3 is 0 Å². The maximum Gasteiger partial charge on any atom is 0.0564 e. The zero-order chi connectivity index (χ0) is 14.8. The predicted molar refractivity (Wildman–Crippen MR) is 88.1 cm³/mol. The topological polar surface area (TPSA) is 28.2 Å². The molecule has 0 saturated heterocycles. The molecule has 0 aromatic carbocycles. The normalized spacial score (nSPS) is 12.7. The lowest BCUT2D eigenvalue weighted by molar-refractivity contribution is 0.190. The minimum atomic E-state index is 0.621. The van der Waals surface area contributed by atoms with Crippen LogP contribution in [0.15, 0.2) is 18.3 Å². The van der Waals surface area contributed by atoms with E-state index in [0.717, 1.165) is 19.5 Å². The average molecular weight is 277 g/mol. The molecule has 20 heavy (non-hydrogen) atoms. The van der Waals surface area contributed by atoms with Crippen LogP contribution in [0.5, 0.6) is 0 Å². The molecule has 0 saturated carbocycles. The van der Waals surface area contributed by atoms with E-state index in [4.69, 9.17) is 0 Å². The molecule has 0 aliphatic carbocycles. The SMILES string of the molecule is CCCCN(Cc1cc(NCCC)ccn1)C(C)CC. The summed E-state index contributed by atoms with van der Waals surface area (Å²) in [4.78, 5) is 7.08. The third-order valence-electron chi connectivity index (χ3n) is 3.77. The van der Waals surface area contributed by atoms with E-state index in [1.807, 2.05) is 6.20 Å². The number of anilines is 1. The molecule has 114 valence electrons. The van der Waals surface area contributed by atoms with Crippen LogP contribution in [0.3, 0.4) is 0 Å². The standard InChI is InChI=1S/C17H31N3/c1-5-8-12-20(15(4)7-3)14-17-13-16(9-11-19-17)18-10-6-2/h9,11,13,15H,5-8,10,12,14H2,1-4H3,(H,18,19). The minimum absolute atomic E-state index is 0.621. The van der Waals surface area contributed by atoms with Crippen LogP contribution in [-0.2, 0) is 6.54 Å². The third kappa shape index (κ3) is 5.91. The molecule has 1 unspecified atom stereocenters. The fraction of sp³-hybridized carbons (Fsp3) is 0.706. The maximum absolute atomic E-state index is 4.53. The number of hydrogen-bond acceptors (Lipinski definition) is 3.